The van der Waals surface area contributed by atoms with Crippen LogP contribution >= 0.6 is 0 Å². The molecule has 1 aliphatic rings. The number of aliphatic hydroxyl groups excluding tert-OH is 1. The van der Waals surface area contributed by atoms with Crippen molar-refractivity contribution in [3.05, 3.63) is 21.5 Å². The van der Waals surface area contributed by atoms with E-state index < -0.39 is 22.6 Å². The van der Waals surface area contributed by atoms with Crippen molar-refractivity contribution in [2.45, 2.75) is 25.5 Å². The van der Waals surface area contributed by atoms with Gasteiger partial charge in [-0.05, 0) is 13.3 Å². The van der Waals surface area contributed by atoms with Gasteiger partial charge in [-0.25, -0.2) is 0 Å². The van der Waals surface area contributed by atoms with Crippen LogP contribution in [0.15, 0.2) is 11.4 Å². The highest BCUT2D eigenvalue weighted by Crippen LogP contribution is 2.10. The molecular weight excluding hydrogens is 230 g/mol. The van der Waals surface area contributed by atoms with E-state index in [1.165, 1.54) is 6.92 Å². The van der Waals surface area contributed by atoms with Crippen LogP contribution in [-0.2, 0) is 9.53 Å². The minimum Gasteiger partial charge on any atom is -0.391 e. The second-order valence-electron chi connectivity index (χ2n) is 3.86. The van der Waals surface area contributed by atoms with E-state index in [2.05, 4.69) is 5.32 Å². The first-order valence-electron chi connectivity index (χ1n) is 5.09. The standard InChI is InChI=1S/C9H15N3O5/c1-5(8(9(10)14)12(15)16)11-6-2-7(13)4-17-3-6/h6-7,11,13H,2-4H2,1H3,(H2,10,14)/b8-5+. The minimum absolute atomic E-state index is 0.0743. The van der Waals surface area contributed by atoms with Gasteiger partial charge in [0.25, 0.3) is 0 Å². The van der Waals surface area contributed by atoms with Crippen molar-refractivity contribution < 1.29 is 19.6 Å². The van der Waals surface area contributed by atoms with Gasteiger partial charge in [0.1, 0.15) is 0 Å². The molecule has 8 heteroatoms. The molecule has 0 aliphatic carbocycles. The van der Waals surface area contributed by atoms with E-state index in [1.54, 1.807) is 0 Å². The maximum atomic E-state index is 10.9. The van der Waals surface area contributed by atoms with Crippen LogP contribution in [0.1, 0.15) is 13.3 Å². The predicted octanol–water partition coefficient (Wildman–Crippen LogP) is -1.28. The summed E-state index contributed by atoms with van der Waals surface area (Å²) in [6, 6.07) is -0.270. The smallest absolute Gasteiger partial charge is 0.351 e. The largest absolute Gasteiger partial charge is 0.391 e. The summed E-state index contributed by atoms with van der Waals surface area (Å²) in [5.74, 6) is -1.10. The van der Waals surface area contributed by atoms with Crippen LogP contribution in [0.2, 0.25) is 0 Å². The Kier molecular flexibility index (Phi) is 4.41. The van der Waals surface area contributed by atoms with Crippen LogP contribution in [-0.4, -0.2) is 41.3 Å². The minimum atomic E-state index is -1.10. The van der Waals surface area contributed by atoms with Gasteiger partial charge in [0.05, 0.1) is 36.0 Å². The molecule has 4 N–H and O–H groups in total. The number of primary amides is 1. The number of carbonyl (C=O) groups is 1. The molecule has 8 nitrogen and oxygen atoms in total. The van der Waals surface area contributed by atoms with Gasteiger partial charge in [-0.1, -0.05) is 0 Å². The van der Waals surface area contributed by atoms with Gasteiger partial charge in [-0.2, -0.15) is 0 Å². The Morgan fingerprint density at radius 3 is 2.71 bits per heavy atom. The zero-order valence-electron chi connectivity index (χ0n) is 9.38. The maximum Gasteiger partial charge on any atom is 0.351 e. The summed E-state index contributed by atoms with van der Waals surface area (Å²) in [6.07, 6.45) is -0.206. The van der Waals surface area contributed by atoms with Crippen molar-refractivity contribution >= 4 is 5.91 Å². The molecule has 0 aromatic rings. The fraction of sp³-hybridized carbons (Fsp3) is 0.667. The predicted molar refractivity (Wildman–Crippen MR) is 57.3 cm³/mol. The normalized spacial score (nSPS) is 26.0. The Bertz CT molecular complexity index is 339. The molecule has 1 rings (SSSR count). The molecule has 0 saturated carbocycles. The first-order valence-corrected chi connectivity index (χ1v) is 5.09. The number of amides is 1. The Morgan fingerprint density at radius 2 is 2.24 bits per heavy atom. The van der Waals surface area contributed by atoms with Crippen molar-refractivity contribution in [1.29, 1.82) is 0 Å². The number of allylic oxidation sites excluding steroid dienone is 1. The fourth-order valence-corrected chi connectivity index (χ4v) is 1.70. The number of rotatable bonds is 4. The van der Waals surface area contributed by atoms with Gasteiger partial charge >= 0.3 is 11.6 Å². The number of nitro groups is 1. The highest BCUT2D eigenvalue weighted by Gasteiger charge is 2.26. The maximum absolute atomic E-state index is 10.9. The van der Waals surface area contributed by atoms with Gasteiger partial charge in [-0.3, -0.25) is 14.9 Å². The summed E-state index contributed by atoms with van der Waals surface area (Å²) >= 11 is 0. The summed E-state index contributed by atoms with van der Waals surface area (Å²) in [4.78, 5) is 20.7. The first-order chi connectivity index (χ1) is 7.91. The highest BCUT2D eigenvalue weighted by molar-refractivity contribution is 5.89. The third-order valence-corrected chi connectivity index (χ3v) is 2.38. The van der Waals surface area contributed by atoms with Crippen molar-refractivity contribution in [2.24, 2.45) is 5.73 Å². The average Bonchev–Trinajstić information content (AvgIpc) is 2.15. The molecule has 96 valence electrons. The van der Waals surface area contributed by atoms with E-state index >= 15 is 0 Å². The number of aliphatic hydroxyl groups is 1. The third kappa shape index (κ3) is 3.68. The molecule has 0 bridgehead atoms. The first kappa shape index (κ1) is 13.4. The van der Waals surface area contributed by atoms with E-state index in [1.807, 2.05) is 0 Å². The number of nitrogens with zero attached hydrogens (tertiary/aromatic N) is 1. The van der Waals surface area contributed by atoms with E-state index in [9.17, 15) is 20.0 Å². The van der Waals surface area contributed by atoms with Crippen LogP contribution in [0, 0.1) is 10.1 Å². The molecule has 2 atom stereocenters. The van der Waals surface area contributed by atoms with Crippen LogP contribution in [0.3, 0.4) is 0 Å². The lowest BCUT2D eigenvalue weighted by molar-refractivity contribution is -0.420. The number of carbonyl (C=O) groups excluding carboxylic acids is 1. The van der Waals surface area contributed by atoms with E-state index in [4.69, 9.17) is 10.5 Å². The average molecular weight is 245 g/mol. The third-order valence-electron chi connectivity index (χ3n) is 2.38. The molecule has 2 unspecified atom stereocenters. The second kappa shape index (κ2) is 5.60. The summed E-state index contributed by atoms with van der Waals surface area (Å²) in [7, 11) is 0. The molecule has 0 radical (unpaired) electrons. The number of hydrogen-bond acceptors (Lipinski definition) is 6. The van der Waals surface area contributed by atoms with Crippen LogP contribution in [0.4, 0.5) is 0 Å². The van der Waals surface area contributed by atoms with E-state index in [0.717, 1.165) is 0 Å². The molecule has 1 heterocycles. The lowest BCUT2D eigenvalue weighted by Crippen LogP contribution is -2.42. The van der Waals surface area contributed by atoms with Crippen molar-refractivity contribution in [3.8, 4) is 0 Å². The monoisotopic (exact) mass is 245 g/mol. The van der Waals surface area contributed by atoms with Gasteiger partial charge in [0.15, 0.2) is 0 Å². The number of nitrogens with two attached hydrogens (primary N) is 1. The fourth-order valence-electron chi connectivity index (χ4n) is 1.70. The lowest BCUT2D eigenvalue weighted by Gasteiger charge is -2.27. The zero-order valence-corrected chi connectivity index (χ0v) is 9.38. The quantitative estimate of drug-likeness (QED) is 0.321. The Labute approximate surface area is 97.6 Å². The molecule has 17 heavy (non-hydrogen) atoms. The highest BCUT2D eigenvalue weighted by atomic mass is 16.6. The topological polar surface area (TPSA) is 128 Å². The van der Waals surface area contributed by atoms with E-state index in [-0.39, 0.29) is 18.3 Å². The molecule has 0 aromatic heterocycles. The van der Waals surface area contributed by atoms with Crippen LogP contribution < -0.4 is 11.1 Å². The molecule has 0 spiro atoms. The Balaban J connectivity index is 2.74. The SMILES string of the molecule is C/C(NC1COCC(O)C1)=C(/C(N)=O)[N+](=O)[O-]. The molecule has 1 saturated heterocycles. The van der Waals surface area contributed by atoms with Crippen molar-refractivity contribution in [2.75, 3.05) is 13.2 Å². The molecule has 1 fully saturated rings. The molecule has 1 aliphatic heterocycles. The van der Waals surface area contributed by atoms with Gasteiger partial charge in [0, 0.05) is 0 Å². The van der Waals surface area contributed by atoms with Gasteiger partial charge < -0.3 is 20.9 Å². The summed E-state index contributed by atoms with van der Waals surface area (Å²) in [6.45, 7) is 1.96. The van der Waals surface area contributed by atoms with Gasteiger partial charge in [-0.15, -0.1) is 0 Å². The Hall–Kier alpha value is -1.67. The lowest BCUT2D eigenvalue weighted by atomic mass is 10.1. The number of nitrogens with one attached hydrogen (secondary N) is 1. The van der Waals surface area contributed by atoms with Crippen molar-refractivity contribution in [1.82, 2.24) is 5.32 Å². The summed E-state index contributed by atoms with van der Waals surface area (Å²) in [5, 5.41) is 22.7. The van der Waals surface area contributed by atoms with Crippen molar-refractivity contribution in [3.63, 3.8) is 0 Å². The van der Waals surface area contributed by atoms with Crippen LogP contribution in [0.5, 0.6) is 0 Å². The summed E-state index contributed by atoms with van der Waals surface area (Å²) in [5.41, 5.74) is 4.31. The second-order valence-corrected chi connectivity index (χ2v) is 3.86. The Morgan fingerprint density at radius 1 is 1.59 bits per heavy atom. The van der Waals surface area contributed by atoms with E-state index in [0.29, 0.717) is 13.0 Å². The number of hydrogen-bond donors (Lipinski definition) is 3. The molecular formula is C9H15N3O5. The zero-order chi connectivity index (χ0) is 13.0. The molecule has 1 amide bonds. The van der Waals surface area contributed by atoms with Gasteiger partial charge in [0.2, 0.25) is 0 Å². The van der Waals surface area contributed by atoms with Crippen LogP contribution in [0.25, 0.3) is 0 Å². The molecule has 0 aromatic carbocycles. The summed E-state index contributed by atoms with van der Waals surface area (Å²) < 4.78 is 5.07. The number of ether oxygens (including phenoxy) is 1.